The molecule has 36 heavy (non-hydrogen) atoms. The van der Waals surface area contributed by atoms with Crippen molar-refractivity contribution < 1.29 is 19.7 Å². The van der Waals surface area contributed by atoms with Crippen LogP contribution in [0.5, 0.6) is 5.75 Å². The van der Waals surface area contributed by atoms with E-state index < -0.39 is 12.1 Å². The van der Waals surface area contributed by atoms with Gasteiger partial charge in [-0.2, -0.15) is 0 Å². The molecule has 7 heteroatoms. The van der Waals surface area contributed by atoms with Crippen LogP contribution in [0.1, 0.15) is 66.9 Å². The third kappa shape index (κ3) is 6.37. The number of unbranched alkanes of at least 4 members (excludes halogenated alkanes) is 1. The molecule has 2 aromatic rings. The molecule has 0 spiro atoms. The number of ether oxygens (including phenoxy) is 1. The molecule has 194 valence electrons. The van der Waals surface area contributed by atoms with Crippen molar-refractivity contribution in [1.82, 2.24) is 0 Å². The number of benzene rings is 2. The maximum Gasteiger partial charge on any atom is 0.337 e. The van der Waals surface area contributed by atoms with Gasteiger partial charge in [0.1, 0.15) is 12.4 Å². The molecule has 1 aliphatic heterocycles. The van der Waals surface area contributed by atoms with Crippen LogP contribution in [0.2, 0.25) is 10.0 Å². The molecular weight excluding hydrogens is 497 g/mol. The summed E-state index contributed by atoms with van der Waals surface area (Å²) in [6, 6.07) is 9.14. The quantitative estimate of drug-likeness (QED) is 0.371. The summed E-state index contributed by atoms with van der Waals surface area (Å²) in [4.78, 5) is 14.1. The van der Waals surface area contributed by atoms with Gasteiger partial charge < -0.3 is 19.8 Å². The van der Waals surface area contributed by atoms with E-state index in [0.29, 0.717) is 23.3 Å². The van der Waals surface area contributed by atoms with Gasteiger partial charge in [-0.25, -0.2) is 4.79 Å². The number of nitrogens with zero attached hydrogens (tertiary/aromatic N) is 1. The van der Waals surface area contributed by atoms with Crippen molar-refractivity contribution in [2.24, 2.45) is 11.8 Å². The average Bonchev–Trinajstić information content (AvgIpc) is 2.85. The van der Waals surface area contributed by atoms with Gasteiger partial charge in [0.05, 0.1) is 22.4 Å². The number of halogens is 2. The molecule has 0 aromatic heterocycles. The number of allylic oxidation sites excluding steroid dienone is 1. The number of hydrogen-bond donors (Lipinski definition) is 2. The van der Waals surface area contributed by atoms with E-state index in [2.05, 4.69) is 17.9 Å². The highest BCUT2D eigenvalue weighted by Gasteiger charge is 2.36. The lowest BCUT2D eigenvalue weighted by Crippen LogP contribution is -2.43. The molecule has 5 nitrogen and oxygen atoms in total. The molecule has 0 bridgehead atoms. The van der Waals surface area contributed by atoms with Crippen molar-refractivity contribution in [3.63, 3.8) is 0 Å². The van der Waals surface area contributed by atoms with Crippen LogP contribution in [0.4, 0.5) is 5.69 Å². The summed E-state index contributed by atoms with van der Waals surface area (Å²) in [5, 5.41) is 21.4. The number of aliphatic hydroxyl groups excluding tert-OH is 1. The number of aliphatic hydroxyl groups is 1. The van der Waals surface area contributed by atoms with Gasteiger partial charge in [-0.15, -0.1) is 0 Å². The van der Waals surface area contributed by atoms with Crippen molar-refractivity contribution in [3.05, 3.63) is 69.2 Å². The zero-order valence-electron chi connectivity index (χ0n) is 20.8. The Balaban J connectivity index is 1.63. The molecule has 0 unspecified atom stereocenters. The van der Waals surface area contributed by atoms with Crippen LogP contribution in [0.15, 0.2) is 42.5 Å². The van der Waals surface area contributed by atoms with Crippen molar-refractivity contribution >= 4 is 34.9 Å². The molecule has 0 saturated heterocycles. The number of carboxylic acids is 1. The van der Waals surface area contributed by atoms with Crippen LogP contribution in [-0.2, 0) is 13.0 Å². The molecule has 2 aliphatic rings. The summed E-state index contributed by atoms with van der Waals surface area (Å²) in [7, 11) is 0. The van der Waals surface area contributed by atoms with E-state index in [-0.39, 0.29) is 16.5 Å². The lowest BCUT2D eigenvalue weighted by Gasteiger charge is -2.42. The Bertz CT molecular complexity index is 1100. The number of anilines is 1. The number of rotatable bonds is 7. The standard InChI is InChI=1S/C29H35Cl2NO4/c1-2-3-4-8-27(33)23-12-10-20(23)17-32-13-6-5-7-19-14-22(30)11-9-21(19)18-36-28-16-25(31)24(29(34)35)15-26(28)32/h4,8-9,11,14-16,20,23,27,33H,2-3,5-7,10,12-13,17-18H2,1H3,(H,34,35)/b8-4+/t20-,23+,27-/m0/s1. The predicted molar refractivity (Wildman–Crippen MR) is 146 cm³/mol. The molecule has 3 atom stereocenters. The molecular formula is C29H35Cl2NO4. The van der Waals surface area contributed by atoms with Gasteiger partial charge in [0.25, 0.3) is 0 Å². The van der Waals surface area contributed by atoms with Gasteiger partial charge in [-0.3, -0.25) is 0 Å². The summed E-state index contributed by atoms with van der Waals surface area (Å²) in [5.74, 6) is 0.0460. The van der Waals surface area contributed by atoms with Gasteiger partial charge in [-0.1, -0.05) is 54.8 Å². The second-order valence-corrected chi connectivity index (χ2v) is 10.8. The summed E-state index contributed by atoms with van der Waals surface area (Å²) < 4.78 is 6.28. The van der Waals surface area contributed by atoms with Gasteiger partial charge in [-0.05, 0) is 79.7 Å². The van der Waals surface area contributed by atoms with Crippen molar-refractivity contribution in [3.8, 4) is 5.75 Å². The fraction of sp³-hybridized carbons (Fsp3) is 0.483. The van der Waals surface area contributed by atoms with Crippen molar-refractivity contribution in [1.29, 1.82) is 0 Å². The van der Waals surface area contributed by atoms with Gasteiger partial charge >= 0.3 is 5.97 Å². The lowest BCUT2D eigenvalue weighted by molar-refractivity contribution is 0.0461. The minimum Gasteiger partial charge on any atom is -0.487 e. The Labute approximate surface area is 223 Å². The average molecular weight is 533 g/mol. The van der Waals surface area contributed by atoms with E-state index in [9.17, 15) is 15.0 Å². The molecule has 2 aromatic carbocycles. The van der Waals surface area contributed by atoms with Gasteiger partial charge in [0, 0.05) is 24.2 Å². The normalized spacial score (nSPS) is 21.1. The number of carbonyl (C=O) groups is 1. The third-order valence-electron chi connectivity index (χ3n) is 7.45. The summed E-state index contributed by atoms with van der Waals surface area (Å²) in [5.41, 5.74) is 3.06. The Hall–Kier alpha value is -2.21. The first kappa shape index (κ1) is 26.8. The molecule has 1 aliphatic carbocycles. The van der Waals surface area contributed by atoms with Crippen LogP contribution in [-0.4, -0.2) is 35.4 Å². The first-order valence-electron chi connectivity index (χ1n) is 12.9. The molecule has 2 N–H and O–H groups in total. The van der Waals surface area contributed by atoms with E-state index in [1.807, 2.05) is 24.3 Å². The topological polar surface area (TPSA) is 70.0 Å². The highest BCUT2D eigenvalue weighted by molar-refractivity contribution is 6.33. The molecule has 1 fully saturated rings. The minimum absolute atomic E-state index is 0.0683. The monoisotopic (exact) mass is 531 g/mol. The zero-order valence-corrected chi connectivity index (χ0v) is 22.3. The van der Waals surface area contributed by atoms with Gasteiger partial charge in [0.15, 0.2) is 0 Å². The maximum atomic E-state index is 11.9. The van der Waals surface area contributed by atoms with E-state index in [1.165, 1.54) is 5.56 Å². The van der Waals surface area contributed by atoms with Crippen LogP contribution in [0, 0.1) is 11.8 Å². The number of aryl methyl sites for hydroxylation is 1. The molecule has 4 rings (SSSR count). The van der Waals surface area contributed by atoms with E-state index in [4.69, 9.17) is 27.9 Å². The summed E-state index contributed by atoms with van der Waals surface area (Å²) in [6.45, 7) is 3.97. The van der Waals surface area contributed by atoms with Crippen LogP contribution < -0.4 is 9.64 Å². The predicted octanol–water partition coefficient (Wildman–Crippen LogP) is 7.16. The Kier molecular flexibility index (Phi) is 9.21. The Morgan fingerprint density at radius 2 is 2.03 bits per heavy atom. The number of aromatic carboxylic acids is 1. The fourth-order valence-electron chi connectivity index (χ4n) is 5.22. The molecule has 0 amide bonds. The number of hydrogen-bond acceptors (Lipinski definition) is 4. The first-order chi connectivity index (χ1) is 17.4. The van der Waals surface area contributed by atoms with Crippen molar-refractivity contribution in [2.75, 3.05) is 18.0 Å². The van der Waals surface area contributed by atoms with E-state index in [0.717, 1.165) is 69.3 Å². The van der Waals surface area contributed by atoms with Gasteiger partial charge in [0.2, 0.25) is 0 Å². The van der Waals surface area contributed by atoms with E-state index in [1.54, 1.807) is 12.1 Å². The molecule has 1 saturated carbocycles. The lowest BCUT2D eigenvalue weighted by atomic mass is 9.70. The first-order valence-corrected chi connectivity index (χ1v) is 13.7. The molecule has 0 radical (unpaired) electrons. The number of fused-ring (bicyclic) bond motifs is 2. The smallest absolute Gasteiger partial charge is 0.337 e. The van der Waals surface area contributed by atoms with Crippen LogP contribution in [0.25, 0.3) is 0 Å². The van der Waals surface area contributed by atoms with Crippen molar-refractivity contribution in [2.45, 2.75) is 64.6 Å². The second-order valence-electron chi connectivity index (χ2n) is 9.92. The minimum atomic E-state index is -1.06. The second kappa shape index (κ2) is 12.4. The largest absolute Gasteiger partial charge is 0.487 e. The van der Waals surface area contributed by atoms with Crippen LogP contribution >= 0.6 is 23.2 Å². The highest BCUT2D eigenvalue weighted by Crippen LogP contribution is 2.41. The molecule has 1 heterocycles. The van der Waals surface area contributed by atoms with E-state index >= 15 is 0 Å². The third-order valence-corrected chi connectivity index (χ3v) is 8.00. The SMILES string of the molecule is CCC/C=C/[C@H](O)[C@@H]1CC[C@H]1CN1CCCCc2cc(Cl)ccc2COc2cc(Cl)c(C(=O)O)cc21. The Morgan fingerprint density at radius 1 is 1.19 bits per heavy atom. The summed E-state index contributed by atoms with van der Waals surface area (Å²) in [6.07, 6.45) is 10.4. The fourth-order valence-corrected chi connectivity index (χ4v) is 5.65. The maximum absolute atomic E-state index is 11.9. The van der Waals surface area contributed by atoms with Crippen LogP contribution in [0.3, 0.4) is 0 Å². The zero-order chi connectivity index (χ0) is 25.7. The number of carboxylic acid groups (broad SMARTS) is 1. The summed E-state index contributed by atoms with van der Waals surface area (Å²) >= 11 is 12.6. The Morgan fingerprint density at radius 3 is 2.75 bits per heavy atom. The highest BCUT2D eigenvalue weighted by atomic mass is 35.5.